The van der Waals surface area contributed by atoms with Crippen LogP contribution in [0.1, 0.15) is 18.1 Å². The van der Waals surface area contributed by atoms with Crippen LogP contribution in [-0.2, 0) is 13.2 Å². The Morgan fingerprint density at radius 1 is 0.750 bits per heavy atom. The van der Waals surface area contributed by atoms with Crippen LogP contribution in [0.25, 0.3) is 0 Å². The number of benzene rings is 3. The summed E-state index contributed by atoms with van der Waals surface area (Å²) in [5.41, 5.74) is 3.02. The number of rotatable bonds is 8. The van der Waals surface area contributed by atoms with Crippen LogP contribution in [0.4, 0.5) is 5.69 Å². The first-order valence-corrected chi connectivity index (χ1v) is 10.0. The quantitative estimate of drug-likeness (QED) is 0.404. The van der Waals surface area contributed by atoms with Gasteiger partial charge in [0.1, 0.15) is 6.61 Å². The van der Waals surface area contributed by atoms with E-state index in [2.05, 4.69) is 5.32 Å². The molecule has 3 aromatic rings. The predicted octanol–water partition coefficient (Wildman–Crippen LogP) is 7.24. The van der Waals surface area contributed by atoms with Gasteiger partial charge in [0.25, 0.3) is 0 Å². The second kappa shape index (κ2) is 9.92. The molecule has 0 fully saturated rings. The number of hydrogen-bond acceptors (Lipinski definition) is 3. The summed E-state index contributed by atoms with van der Waals surface area (Å²) in [6, 6.07) is 19.0. The average molecular weight is 437 g/mol. The summed E-state index contributed by atoms with van der Waals surface area (Å²) in [4.78, 5) is 0. The lowest BCUT2D eigenvalue weighted by atomic mass is 10.2. The van der Waals surface area contributed by atoms with Gasteiger partial charge in [-0.25, -0.2) is 0 Å². The minimum absolute atomic E-state index is 0.374. The monoisotopic (exact) mass is 435 g/mol. The highest BCUT2D eigenvalue weighted by Crippen LogP contribution is 2.30. The Balaban J connectivity index is 1.67. The van der Waals surface area contributed by atoms with E-state index in [0.29, 0.717) is 46.3 Å². The highest BCUT2D eigenvalue weighted by Gasteiger charge is 2.08. The van der Waals surface area contributed by atoms with Gasteiger partial charge in [-0.1, -0.05) is 46.9 Å². The molecule has 0 spiro atoms. The first-order valence-electron chi connectivity index (χ1n) is 8.87. The van der Waals surface area contributed by atoms with Crippen LogP contribution in [0.5, 0.6) is 11.5 Å². The van der Waals surface area contributed by atoms with E-state index >= 15 is 0 Å². The zero-order valence-corrected chi connectivity index (χ0v) is 17.6. The fourth-order valence-electron chi connectivity index (χ4n) is 2.61. The topological polar surface area (TPSA) is 30.5 Å². The zero-order valence-electron chi connectivity index (χ0n) is 15.3. The highest BCUT2D eigenvalue weighted by molar-refractivity contribution is 6.42. The molecule has 3 nitrogen and oxygen atoms in total. The molecule has 28 heavy (non-hydrogen) atoms. The molecule has 0 aliphatic rings. The lowest BCUT2D eigenvalue weighted by Crippen LogP contribution is -2.03. The number of ether oxygens (including phenoxy) is 2. The molecule has 0 unspecified atom stereocenters. The van der Waals surface area contributed by atoms with Gasteiger partial charge in [-0.3, -0.25) is 0 Å². The van der Waals surface area contributed by atoms with Crippen molar-refractivity contribution in [1.82, 2.24) is 0 Å². The molecule has 3 aromatic carbocycles. The highest BCUT2D eigenvalue weighted by atomic mass is 35.5. The average Bonchev–Trinajstić information content (AvgIpc) is 2.69. The summed E-state index contributed by atoms with van der Waals surface area (Å²) in [6.45, 7) is 3.53. The Kier molecular flexibility index (Phi) is 7.32. The normalized spacial score (nSPS) is 10.6. The Morgan fingerprint density at radius 3 is 2.21 bits per heavy atom. The maximum Gasteiger partial charge on any atom is 0.161 e. The van der Waals surface area contributed by atoms with Crippen molar-refractivity contribution in [3.05, 3.63) is 86.9 Å². The van der Waals surface area contributed by atoms with Gasteiger partial charge in [-0.15, -0.1) is 0 Å². The minimum Gasteiger partial charge on any atom is -0.490 e. The molecule has 0 aliphatic carbocycles. The molecule has 0 aromatic heterocycles. The van der Waals surface area contributed by atoms with E-state index in [9.17, 15) is 0 Å². The standard InChI is InChI=1S/C22H20Cl3NO2/c1-2-27-22-12-15(13-26-18-7-5-17(23)6-8-18)4-10-21(22)28-14-16-3-9-19(24)20(25)11-16/h3-12,26H,2,13-14H2,1H3. The van der Waals surface area contributed by atoms with Crippen LogP contribution < -0.4 is 14.8 Å². The fraction of sp³-hybridized carbons (Fsp3) is 0.182. The van der Waals surface area contributed by atoms with Crippen LogP contribution in [0.3, 0.4) is 0 Å². The lowest BCUT2D eigenvalue weighted by Gasteiger charge is -2.14. The summed E-state index contributed by atoms with van der Waals surface area (Å²) >= 11 is 17.9. The molecule has 0 amide bonds. The second-order valence-corrected chi connectivity index (χ2v) is 7.36. The third-order valence-electron chi connectivity index (χ3n) is 4.03. The van der Waals surface area contributed by atoms with E-state index in [1.807, 2.05) is 55.5 Å². The van der Waals surface area contributed by atoms with Gasteiger partial charge in [0, 0.05) is 17.3 Å². The summed E-state index contributed by atoms with van der Waals surface area (Å²) in [5, 5.41) is 5.12. The molecule has 1 N–H and O–H groups in total. The van der Waals surface area contributed by atoms with Gasteiger partial charge in [-0.2, -0.15) is 0 Å². The first kappa shape index (κ1) is 20.7. The molecular weight excluding hydrogens is 417 g/mol. The molecule has 146 valence electrons. The minimum atomic E-state index is 0.374. The molecule has 3 rings (SSSR count). The zero-order chi connectivity index (χ0) is 19.9. The molecule has 0 saturated carbocycles. The molecule has 0 saturated heterocycles. The van der Waals surface area contributed by atoms with E-state index < -0.39 is 0 Å². The van der Waals surface area contributed by atoms with Crippen molar-refractivity contribution in [3.63, 3.8) is 0 Å². The van der Waals surface area contributed by atoms with E-state index in [4.69, 9.17) is 44.3 Å². The van der Waals surface area contributed by atoms with Crippen molar-refractivity contribution < 1.29 is 9.47 Å². The molecule has 0 atom stereocenters. The lowest BCUT2D eigenvalue weighted by molar-refractivity contribution is 0.269. The number of anilines is 1. The van der Waals surface area contributed by atoms with Gasteiger partial charge in [-0.05, 0) is 66.6 Å². The predicted molar refractivity (Wildman–Crippen MR) is 117 cm³/mol. The van der Waals surface area contributed by atoms with E-state index in [0.717, 1.165) is 16.8 Å². The molecule has 0 aliphatic heterocycles. The van der Waals surface area contributed by atoms with Gasteiger partial charge >= 0.3 is 0 Å². The summed E-state index contributed by atoms with van der Waals surface area (Å²) < 4.78 is 11.7. The Bertz CT molecular complexity index is 930. The Hall–Kier alpha value is -2.07. The molecule has 0 radical (unpaired) electrons. The van der Waals surface area contributed by atoms with Crippen LogP contribution in [-0.4, -0.2) is 6.61 Å². The maximum atomic E-state index is 6.06. The van der Waals surface area contributed by atoms with Crippen LogP contribution in [0.2, 0.25) is 15.1 Å². The van der Waals surface area contributed by atoms with E-state index in [1.165, 1.54) is 0 Å². The second-order valence-electron chi connectivity index (χ2n) is 6.11. The van der Waals surface area contributed by atoms with Crippen molar-refractivity contribution in [1.29, 1.82) is 0 Å². The molecule has 0 bridgehead atoms. The van der Waals surface area contributed by atoms with Crippen LogP contribution in [0.15, 0.2) is 60.7 Å². The number of hydrogen-bond donors (Lipinski definition) is 1. The number of nitrogens with one attached hydrogen (secondary N) is 1. The number of halogens is 3. The van der Waals surface area contributed by atoms with Gasteiger partial charge in [0.15, 0.2) is 11.5 Å². The molecule has 0 heterocycles. The van der Waals surface area contributed by atoms with Crippen molar-refractivity contribution >= 4 is 40.5 Å². The van der Waals surface area contributed by atoms with Crippen molar-refractivity contribution in [2.24, 2.45) is 0 Å². The Labute approximate surface area is 180 Å². The van der Waals surface area contributed by atoms with Gasteiger partial charge in [0.05, 0.1) is 16.7 Å². The Morgan fingerprint density at radius 2 is 1.50 bits per heavy atom. The van der Waals surface area contributed by atoms with E-state index in [1.54, 1.807) is 12.1 Å². The van der Waals surface area contributed by atoms with Crippen LogP contribution >= 0.6 is 34.8 Å². The molecule has 6 heteroatoms. The largest absolute Gasteiger partial charge is 0.490 e. The third-order valence-corrected chi connectivity index (χ3v) is 5.02. The smallest absolute Gasteiger partial charge is 0.161 e. The van der Waals surface area contributed by atoms with E-state index in [-0.39, 0.29) is 0 Å². The third kappa shape index (κ3) is 5.71. The van der Waals surface area contributed by atoms with Gasteiger partial charge in [0.2, 0.25) is 0 Å². The summed E-state index contributed by atoms with van der Waals surface area (Å²) in [7, 11) is 0. The fourth-order valence-corrected chi connectivity index (χ4v) is 3.06. The summed E-state index contributed by atoms with van der Waals surface area (Å²) in [5.74, 6) is 1.39. The van der Waals surface area contributed by atoms with Crippen molar-refractivity contribution in [2.45, 2.75) is 20.1 Å². The van der Waals surface area contributed by atoms with Gasteiger partial charge < -0.3 is 14.8 Å². The van der Waals surface area contributed by atoms with Crippen molar-refractivity contribution in [3.8, 4) is 11.5 Å². The van der Waals surface area contributed by atoms with Crippen LogP contribution in [0, 0.1) is 0 Å². The molecular formula is C22H20Cl3NO2. The summed E-state index contributed by atoms with van der Waals surface area (Å²) in [6.07, 6.45) is 0. The SMILES string of the molecule is CCOc1cc(CNc2ccc(Cl)cc2)ccc1OCc1ccc(Cl)c(Cl)c1. The maximum absolute atomic E-state index is 6.06. The first-order chi connectivity index (χ1) is 13.5. The van der Waals surface area contributed by atoms with Crippen molar-refractivity contribution in [2.75, 3.05) is 11.9 Å².